The summed E-state index contributed by atoms with van der Waals surface area (Å²) in [6.45, 7) is 1.88. The molecule has 1 fully saturated rings. The van der Waals surface area contributed by atoms with Crippen molar-refractivity contribution in [2.45, 2.75) is 19.1 Å². The molecule has 0 radical (unpaired) electrons. The van der Waals surface area contributed by atoms with Crippen LogP contribution in [0.4, 0.5) is 10.1 Å². The van der Waals surface area contributed by atoms with Crippen molar-refractivity contribution in [3.8, 4) is 0 Å². The minimum Gasteiger partial charge on any atom is -0.369 e. The van der Waals surface area contributed by atoms with Gasteiger partial charge in [-0.1, -0.05) is 12.1 Å². The van der Waals surface area contributed by atoms with Gasteiger partial charge >= 0.3 is 0 Å². The molecule has 2 rings (SSSR count). The highest BCUT2D eigenvalue weighted by Crippen LogP contribution is 2.22. The molecule has 1 atom stereocenters. The molecule has 0 amide bonds. The summed E-state index contributed by atoms with van der Waals surface area (Å²) in [7, 11) is 0. The van der Waals surface area contributed by atoms with Gasteiger partial charge in [0.2, 0.25) is 0 Å². The van der Waals surface area contributed by atoms with Crippen LogP contribution in [0.15, 0.2) is 24.3 Å². The minimum atomic E-state index is -0.670. The fraction of sp³-hybridized carbons (Fsp3) is 0.455. The van der Waals surface area contributed by atoms with E-state index in [1.54, 1.807) is 0 Å². The Balaban J connectivity index is 2.15. The van der Waals surface area contributed by atoms with Gasteiger partial charge in [0.1, 0.15) is 6.17 Å². The third kappa shape index (κ3) is 1.87. The lowest BCUT2D eigenvalue weighted by Gasteiger charge is -2.18. The zero-order valence-corrected chi connectivity index (χ0v) is 8.12. The van der Waals surface area contributed by atoms with Crippen molar-refractivity contribution in [1.29, 1.82) is 0 Å². The fourth-order valence-electron chi connectivity index (χ4n) is 1.83. The monoisotopic (exact) mass is 194 g/mol. The van der Waals surface area contributed by atoms with Crippen molar-refractivity contribution < 1.29 is 4.39 Å². The molecule has 1 aromatic carbocycles. The molecule has 1 aliphatic heterocycles. The van der Waals surface area contributed by atoms with E-state index in [0.717, 1.165) is 17.8 Å². The summed E-state index contributed by atoms with van der Waals surface area (Å²) in [5, 5.41) is 0. The second-order valence-corrected chi connectivity index (χ2v) is 3.71. The van der Waals surface area contributed by atoms with Crippen LogP contribution < -0.4 is 10.6 Å². The van der Waals surface area contributed by atoms with Crippen LogP contribution in [0.25, 0.3) is 0 Å². The number of benzene rings is 1. The maximum atomic E-state index is 13.0. The van der Waals surface area contributed by atoms with E-state index < -0.39 is 6.17 Å². The highest BCUT2D eigenvalue weighted by molar-refractivity contribution is 5.49. The molecule has 0 saturated carbocycles. The standard InChI is InChI=1S/C11H15FN2/c12-10-4-5-14(8-10)11-3-1-2-9(6-11)7-13/h1-3,6,10H,4-5,7-8,13H2. The first kappa shape index (κ1) is 9.46. The number of halogens is 1. The zero-order valence-electron chi connectivity index (χ0n) is 8.12. The molecule has 1 unspecified atom stereocenters. The molecular formula is C11H15FN2. The van der Waals surface area contributed by atoms with E-state index in [9.17, 15) is 4.39 Å². The van der Waals surface area contributed by atoms with Gasteiger partial charge in [0.15, 0.2) is 0 Å². The maximum absolute atomic E-state index is 13.0. The largest absolute Gasteiger partial charge is 0.369 e. The molecular weight excluding hydrogens is 179 g/mol. The molecule has 2 N–H and O–H groups in total. The number of nitrogens with two attached hydrogens (primary N) is 1. The third-order valence-corrected chi connectivity index (χ3v) is 2.64. The summed E-state index contributed by atoms with van der Waals surface area (Å²) in [5.74, 6) is 0. The molecule has 14 heavy (non-hydrogen) atoms. The van der Waals surface area contributed by atoms with Crippen LogP contribution in [0.5, 0.6) is 0 Å². The number of anilines is 1. The summed E-state index contributed by atoms with van der Waals surface area (Å²) in [5.41, 5.74) is 7.74. The number of nitrogens with zero attached hydrogens (tertiary/aromatic N) is 1. The van der Waals surface area contributed by atoms with Crippen LogP contribution in [0, 0.1) is 0 Å². The molecule has 0 spiro atoms. The molecule has 0 aliphatic carbocycles. The fourth-order valence-corrected chi connectivity index (χ4v) is 1.83. The van der Waals surface area contributed by atoms with E-state index in [-0.39, 0.29) is 0 Å². The van der Waals surface area contributed by atoms with E-state index in [4.69, 9.17) is 5.73 Å². The maximum Gasteiger partial charge on any atom is 0.119 e. The summed E-state index contributed by atoms with van der Waals surface area (Å²) in [6, 6.07) is 8.02. The first-order valence-corrected chi connectivity index (χ1v) is 4.97. The van der Waals surface area contributed by atoms with Gasteiger partial charge in [0.25, 0.3) is 0 Å². The van der Waals surface area contributed by atoms with Gasteiger partial charge in [-0.3, -0.25) is 0 Å². The smallest absolute Gasteiger partial charge is 0.119 e. The number of rotatable bonds is 2. The molecule has 76 valence electrons. The second-order valence-electron chi connectivity index (χ2n) is 3.71. The van der Waals surface area contributed by atoms with E-state index in [1.165, 1.54) is 0 Å². The number of alkyl halides is 1. The highest BCUT2D eigenvalue weighted by Gasteiger charge is 2.21. The van der Waals surface area contributed by atoms with Gasteiger partial charge < -0.3 is 10.6 Å². The zero-order chi connectivity index (χ0) is 9.97. The molecule has 2 nitrogen and oxygen atoms in total. The van der Waals surface area contributed by atoms with Crippen molar-refractivity contribution in [3.63, 3.8) is 0 Å². The van der Waals surface area contributed by atoms with Crippen LogP contribution >= 0.6 is 0 Å². The average Bonchev–Trinajstić information content (AvgIpc) is 2.65. The topological polar surface area (TPSA) is 29.3 Å². The van der Waals surface area contributed by atoms with Crippen LogP contribution in [0.1, 0.15) is 12.0 Å². The Morgan fingerprint density at radius 3 is 3.00 bits per heavy atom. The van der Waals surface area contributed by atoms with E-state index >= 15 is 0 Å². The van der Waals surface area contributed by atoms with Gasteiger partial charge in [-0.25, -0.2) is 4.39 Å². The molecule has 1 heterocycles. The van der Waals surface area contributed by atoms with Gasteiger partial charge in [-0.15, -0.1) is 0 Å². The molecule has 0 aromatic heterocycles. The average molecular weight is 194 g/mol. The van der Waals surface area contributed by atoms with Crippen molar-refractivity contribution in [3.05, 3.63) is 29.8 Å². The summed E-state index contributed by atoms with van der Waals surface area (Å²) >= 11 is 0. The SMILES string of the molecule is NCc1cccc(N2CCC(F)C2)c1. The molecule has 3 heteroatoms. The van der Waals surface area contributed by atoms with Crippen LogP contribution in [-0.2, 0) is 6.54 Å². The summed E-state index contributed by atoms with van der Waals surface area (Å²) in [4.78, 5) is 2.07. The lowest BCUT2D eigenvalue weighted by Crippen LogP contribution is -2.20. The second kappa shape index (κ2) is 3.96. The normalized spacial score (nSPS) is 21.6. The van der Waals surface area contributed by atoms with Crippen LogP contribution in [0.2, 0.25) is 0 Å². The quantitative estimate of drug-likeness (QED) is 0.776. The number of hydrogen-bond acceptors (Lipinski definition) is 2. The molecule has 1 saturated heterocycles. The minimum absolute atomic E-state index is 0.522. The van der Waals surface area contributed by atoms with Crippen molar-refractivity contribution >= 4 is 5.69 Å². The highest BCUT2D eigenvalue weighted by atomic mass is 19.1. The van der Waals surface area contributed by atoms with Crippen molar-refractivity contribution in [2.24, 2.45) is 5.73 Å². The van der Waals surface area contributed by atoms with Gasteiger partial charge in [0.05, 0.1) is 0 Å². The van der Waals surface area contributed by atoms with Gasteiger partial charge in [0, 0.05) is 25.3 Å². The molecule has 1 aliphatic rings. The van der Waals surface area contributed by atoms with Crippen molar-refractivity contribution in [1.82, 2.24) is 0 Å². The molecule has 0 bridgehead atoms. The summed E-state index contributed by atoms with van der Waals surface area (Å²) < 4.78 is 13.0. The van der Waals surface area contributed by atoms with Gasteiger partial charge in [-0.05, 0) is 24.1 Å². The predicted octanol–water partition coefficient (Wildman–Crippen LogP) is 1.69. The Bertz CT molecular complexity index is 314. The van der Waals surface area contributed by atoms with Crippen LogP contribution in [-0.4, -0.2) is 19.3 Å². The first-order valence-electron chi connectivity index (χ1n) is 4.97. The van der Waals surface area contributed by atoms with Crippen LogP contribution in [0.3, 0.4) is 0 Å². The third-order valence-electron chi connectivity index (χ3n) is 2.64. The first-order chi connectivity index (χ1) is 6.79. The van der Waals surface area contributed by atoms with Crippen molar-refractivity contribution in [2.75, 3.05) is 18.0 Å². The lowest BCUT2D eigenvalue weighted by molar-refractivity contribution is 0.364. The Hall–Kier alpha value is -1.09. The van der Waals surface area contributed by atoms with E-state index in [1.807, 2.05) is 24.3 Å². The Morgan fingerprint density at radius 2 is 2.36 bits per heavy atom. The number of hydrogen-bond donors (Lipinski definition) is 1. The van der Waals surface area contributed by atoms with E-state index in [0.29, 0.717) is 19.5 Å². The lowest BCUT2D eigenvalue weighted by atomic mass is 10.2. The molecule has 1 aromatic rings. The Kier molecular flexibility index (Phi) is 2.68. The Morgan fingerprint density at radius 1 is 1.50 bits per heavy atom. The Labute approximate surface area is 83.5 Å². The predicted molar refractivity (Wildman–Crippen MR) is 56.1 cm³/mol. The van der Waals surface area contributed by atoms with Gasteiger partial charge in [-0.2, -0.15) is 0 Å². The van der Waals surface area contributed by atoms with E-state index in [2.05, 4.69) is 4.90 Å². The summed E-state index contributed by atoms with van der Waals surface area (Å²) in [6.07, 6.45) is -0.0242.